The highest BCUT2D eigenvalue weighted by Gasteiger charge is 2.42. The molecule has 9 heteroatoms. The lowest BCUT2D eigenvalue weighted by molar-refractivity contribution is -0.135. The molecule has 2 aliphatic rings. The number of halogens is 1. The Morgan fingerprint density at radius 1 is 1.07 bits per heavy atom. The molecule has 3 atom stereocenters. The maximum atomic E-state index is 13.6. The first-order valence-electron chi connectivity index (χ1n) is 14.7. The van der Waals surface area contributed by atoms with Crippen molar-refractivity contribution in [2.75, 3.05) is 46.3 Å². The molecular weight excluding hydrogens is 531 g/mol. The molecule has 0 radical (unpaired) electrons. The van der Waals surface area contributed by atoms with Gasteiger partial charge in [0.1, 0.15) is 11.9 Å². The van der Waals surface area contributed by atoms with E-state index in [9.17, 15) is 14.0 Å². The first-order chi connectivity index (χ1) is 20.4. The Bertz CT molecular complexity index is 1340. The van der Waals surface area contributed by atoms with Crippen molar-refractivity contribution in [1.82, 2.24) is 30.0 Å². The average Bonchev–Trinajstić information content (AvgIpc) is 3.82. The van der Waals surface area contributed by atoms with Crippen molar-refractivity contribution in [3.63, 3.8) is 0 Å². The lowest BCUT2D eigenvalue weighted by Crippen LogP contribution is -2.54. The summed E-state index contributed by atoms with van der Waals surface area (Å²) in [5, 5.41) is 3.04. The van der Waals surface area contributed by atoms with Crippen LogP contribution in [0.1, 0.15) is 41.1 Å². The highest BCUT2D eigenvalue weighted by Crippen LogP contribution is 2.44. The molecule has 5 rings (SSSR count). The van der Waals surface area contributed by atoms with Crippen molar-refractivity contribution in [3.05, 3.63) is 96.6 Å². The minimum absolute atomic E-state index is 0.0309. The minimum Gasteiger partial charge on any atom is -0.340 e. The van der Waals surface area contributed by atoms with Crippen LogP contribution in [0, 0.1) is 5.82 Å². The first kappa shape index (κ1) is 29.5. The molecule has 2 amide bonds. The summed E-state index contributed by atoms with van der Waals surface area (Å²) in [4.78, 5) is 41.9. The molecule has 8 nitrogen and oxygen atoms in total. The van der Waals surface area contributed by atoms with Gasteiger partial charge >= 0.3 is 0 Å². The van der Waals surface area contributed by atoms with Crippen molar-refractivity contribution in [3.8, 4) is 11.4 Å². The van der Waals surface area contributed by atoms with Crippen LogP contribution in [0.4, 0.5) is 4.39 Å². The number of carbonyl (C=O) groups excluding carboxylic acids is 2. The van der Waals surface area contributed by atoms with Crippen molar-refractivity contribution in [2.45, 2.75) is 37.3 Å². The number of piperazine rings is 1. The third-order valence-corrected chi connectivity index (χ3v) is 8.22. The topological polar surface area (TPSA) is 81.7 Å². The molecule has 1 aromatic heterocycles. The van der Waals surface area contributed by atoms with E-state index >= 15 is 0 Å². The number of amides is 2. The van der Waals surface area contributed by atoms with Crippen LogP contribution >= 0.6 is 0 Å². The lowest BCUT2D eigenvalue weighted by Gasteiger charge is -2.35. The highest BCUT2D eigenvalue weighted by atomic mass is 19.1. The summed E-state index contributed by atoms with van der Waals surface area (Å²) >= 11 is 0. The zero-order valence-corrected chi connectivity index (χ0v) is 24.2. The fraction of sp³-hybridized carbons (Fsp3) is 0.394. The van der Waals surface area contributed by atoms with E-state index in [1.807, 2.05) is 35.2 Å². The van der Waals surface area contributed by atoms with Crippen LogP contribution in [0.15, 0.2) is 79.6 Å². The van der Waals surface area contributed by atoms with Gasteiger partial charge in [-0.05, 0) is 68.8 Å². The van der Waals surface area contributed by atoms with Crippen molar-refractivity contribution >= 4 is 11.8 Å². The van der Waals surface area contributed by atoms with Gasteiger partial charge in [0.2, 0.25) is 5.91 Å². The second kappa shape index (κ2) is 13.8. The Balaban J connectivity index is 1.23. The van der Waals surface area contributed by atoms with E-state index in [1.54, 1.807) is 30.6 Å². The third kappa shape index (κ3) is 7.46. The zero-order chi connectivity index (χ0) is 29.5. The summed E-state index contributed by atoms with van der Waals surface area (Å²) in [7, 11) is 2.05. The number of nitrogens with zero attached hydrogens (tertiary/aromatic N) is 5. The van der Waals surface area contributed by atoms with E-state index in [4.69, 9.17) is 0 Å². The highest BCUT2D eigenvalue weighted by molar-refractivity contribution is 5.97. The fourth-order valence-corrected chi connectivity index (χ4v) is 5.68. The Hall–Kier alpha value is -3.95. The normalized spacial score (nSPS) is 19.4. The van der Waals surface area contributed by atoms with Crippen LogP contribution in [0.3, 0.4) is 0 Å². The smallest absolute Gasteiger partial charge is 0.251 e. The molecule has 0 spiro atoms. The van der Waals surface area contributed by atoms with Gasteiger partial charge in [-0.25, -0.2) is 14.4 Å². The van der Waals surface area contributed by atoms with E-state index in [0.717, 1.165) is 50.1 Å². The Morgan fingerprint density at radius 2 is 1.76 bits per heavy atom. The number of hydrogen-bond acceptors (Lipinski definition) is 6. The minimum atomic E-state index is -0.615. The zero-order valence-electron chi connectivity index (χ0n) is 24.2. The van der Waals surface area contributed by atoms with Crippen molar-refractivity contribution in [1.29, 1.82) is 0 Å². The number of aromatic nitrogens is 2. The monoisotopic (exact) mass is 570 g/mol. The van der Waals surface area contributed by atoms with Gasteiger partial charge in [0.05, 0.1) is 0 Å². The molecule has 1 aliphatic carbocycles. The number of benzene rings is 2. The molecular formula is C33H39FN6O2. The SMILES string of the molecule is C=CCN(CCC[C@H](NC(=O)c1ccc(-c2ncccn2)cc1)C(=O)N1CCN(C)CC1)[C@@H]1C[C@H]1c1ccc(F)cc1. The molecule has 0 unspecified atom stereocenters. The molecule has 1 saturated carbocycles. The summed E-state index contributed by atoms with van der Waals surface area (Å²) < 4.78 is 13.4. The van der Waals surface area contributed by atoms with Crippen LogP contribution in [-0.4, -0.2) is 94.9 Å². The van der Waals surface area contributed by atoms with Gasteiger partial charge in [-0.2, -0.15) is 0 Å². The van der Waals surface area contributed by atoms with E-state index < -0.39 is 6.04 Å². The van der Waals surface area contributed by atoms with Crippen LogP contribution < -0.4 is 5.32 Å². The van der Waals surface area contributed by atoms with Crippen LogP contribution in [0.5, 0.6) is 0 Å². The van der Waals surface area contributed by atoms with Crippen molar-refractivity contribution < 1.29 is 14.0 Å². The first-order valence-corrected chi connectivity index (χ1v) is 14.7. The molecule has 3 aromatic rings. The number of rotatable bonds is 12. The lowest BCUT2D eigenvalue weighted by atomic mass is 10.1. The average molecular weight is 571 g/mol. The third-order valence-electron chi connectivity index (χ3n) is 8.22. The fourth-order valence-electron chi connectivity index (χ4n) is 5.68. The molecule has 2 heterocycles. The maximum absolute atomic E-state index is 13.6. The van der Waals surface area contributed by atoms with Crippen molar-refractivity contribution in [2.24, 2.45) is 0 Å². The summed E-state index contributed by atoms with van der Waals surface area (Å²) in [6, 6.07) is 15.4. The molecule has 220 valence electrons. The molecule has 1 saturated heterocycles. The van der Waals surface area contributed by atoms with Crippen LogP contribution in [0.2, 0.25) is 0 Å². The Morgan fingerprint density at radius 3 is 2.43 bits per heavy atom. The van der Waals surface area contributed by atoms with Gasteiger partial charge in [-0.1, -0.05) is 30.3 Å². The van der Waals surface area contributed by atoms with Gasteiger partial charge in [-0.15, -0.1) is 6.58 Å². The summed E-state index contributed by atoms with van der Waals surface area (Å²) in [5.41, 5.74) is 2.45. The summed E-state index contributed by atoms with van der Waals surface area (Å²) in [6.45, 7) is 8.39. The predicted molar refractivity (Wildman–Crippen MR) is 161 cm³/mol. The van der Waals surface area contributed by atoms with Gasteiger partial charge < -0.3 is 15.1 Å². The Labute approximate surface area is 247 Å². The van der Waals surface area contributed by atoms with E-state index in [2.05, 4.69) is 38.7 Å². The Kier molecular flexibility index (Phi) is 9.71. The van der Waals surface area contributed by atoms with Gasteiger partial charge in [0, 0.05) is 68.2 Å². The number of carbonyl (C=O) groups is 2. The molecule has 1 N–H and O–H groups in total. The molecule has 2 aromatic carbocycles. The second-order valence-corrected chi connectivity index (χ2v) is 11.2. The predicted octanol–water partition coefficient (Wildman–Crippen LogP) is 3.98. The maximum Gasteiger partial charge on any atom is 0.251 e. The number of nitrogens with one attached hydrogen (secondary N) is 1. The molecule has 2 fully saturated rings. The summed E-state index contributed by atoms with van der Waals surface area (Å²) in [5.74, 6) is 0.436. The molecule has 1 aliphatic heterocycles. The molecule has 0 bridgehead atoms. The molecule has 42 heavy (non-hydrogen) atoms. The summed E-state index contributed by atoms with van der Waals surface area (Å²) in [6.07, 6.45) is 7.56. The number of likely N-dealkylation sites (N-methyl/N-ethyl adjacent to an activating group) is 1. The van der Waals surface area contributed by atoms with Gasteiger partial charge in [0.25, 0.3) is 5.91 Å². The largest absolute Gasteiger partial charge is 0.340 e. The van der Waals surface area contributed by atoms with Gasteiger partial charge in [0.15, 0.2) is 5.82 Å². The van der Waals surface area contributed by atoms with Crippen LogP contribution in [0.25, 0.3) is 11.4 Å². The quantitative estimate of drug-likeness (QED) is 0.332. The standard InChI is InChI=1S/C33H39FN6O2/c1-3-17-39(30-23-28(30)24-11-13-27(34)14-12-24)18-4-6-29(33(42)40-21-19-38(2)20-22-40)37-32(41)26-9-7-25(8-10-26)31-35-15-5-16-36-31/h3,5,7-16,28-30H,1,4,6,17-23H2,2H3,(H,37,41)/t28-,29-,30+/m0/s1. The van der Waals surface area contributed by atoms with Crippen LogP contribution in [-0.2, 0) is 4.79 Å². The van der Waals surface area contributed by atoms with E-state index in [1.165, 1.54) is 12.1 Å². The van der Waals surface area contributed by atoms with Gasteiger partial charge in [-0.3, -0.25) is 14.5 Å². The van der Waals surface area contributed by atoms with E-state index in [0.29, 0.717) is 42.9 Å². The van der Waals surface area contributed by atoms with E-state index in [-0.39, 0.29) is 17.6 Å². The number of hydrogen-bond donors (Lipinski definition) is 1. The second-order valence-electron chi connectivity index (χ2n) is 11.2.